The zero-order valence-electron chi connectivity index (χ0n) is 19.6. The van der Waals surface area contributed by atoms with Crippen LogP contribution >= 0.6 is 0 Å². The summed E-state index contributed by atoms with van der Waals surface area (Å²) in [5, 5.41) is 9.00. The molecule has 1 amide bonds. The number of carbonyl (C=O) groups excluding carboxylic acids is 1. The summed E-state index contributed by atoms with van der Waals surface area (Å²) in [5.74, 6) is -0.164. The number of sulfonamides is 1. The van der Waals surface area contributed by atoms with E-state index < -0.39 is 10.0 Å². The molecule has 8 nitrogen and oxygen atoms in total. The molecule has 9 heteroatoms. The largest absolute Gasteiger partial charge is 0.373 e. The minimum atomic E-state index is -3.72. The number of anilines is 1. The molecule has 2 aromatic rings. The summed E-state index contributed by atoms with van der Waals surface area (Å²) in [4.78, 5) is 17.4. The van der Waals surface area contributed by atoms with Crippen molar-refractivity contribution >= 4 is 21.6 Å². The Morgan fingerprint density at radius 1 is 1.00 bits per heavy atom. The molecule has 0 saturated carbocycles. The standard InChI is InChI=1S/C25H30N4O4S/c1-19-17-29(18-20(2)33-19)34(31,32)24-6-3-5-22(15-24)25(30)28-12-4-11-27(13-14-28)23-9-7-21(16-26)8-10-23/h3,5-10,15,19-20H,4,11-14,17-18H2,1-2H3. The second kappa shape index (κ2) is 10.1. The smallest absolute Gasteiger partial charge is 0.253 e. The van der Waals surface area contributed by atoms with Gasteiger partial charge in [0.25, 0.3) is 5.91 Å². The summed E-state index contributed by atoms with van der Waals surface area (Å²) < 4.78 is 33.6. The van der Waals surface area contributed by atoms with Gasteiger partial charge in [0.05, 0.1) is 28.7 Å². The first kappa shape index (κ1) is 24.2. The number of rotatable bonds is 4. The fourth-order valence-electron chi connectivity index (χ4n) is 4.57. The first-order valence-electron chi connectivity index (χ1n) is 11.6. The third-order valence-corrected chi connectivity index (χ3v) is 8.08. The lowest BCUT2D eigenvalue weighted by atomic mass is 10.2. The number of ether oxygens (including phenoxy) is 1. The zero-order valence-corrected chi connectivity index (χ0v) is 20.4. The fourth-order valence-corrected chi connectivity index (χ4v) is 6.21. The maximum atomic E-state index is 13.3. The third-order valence-electron chi connectivity index (χ3n) is 6.25. The Morgan fingerprint density at radius 3 is 2.38 bits per heavy atom. The van der Waals surface area contributed by atoms with Gasteiger partial charge in [-0.15, -0.1) is 0 Å². The van der Waals surface area contributed by atoms with Gasteiger partial charge in [-0.2, -0.15) is 9.57 Å². The molecule has 34 heavy (non-hydrogen) atoms. The molecule has 0 N–H and O–H groups in total. The minimum Gasteiger partial charge on any atom is -0.373 e. The Labute approximate surface area is 201 Å². The number of morpholine rings is 1. The number of amides is 1. The average molecular weight is 483 g/mol. The van der Waals surface area contributed by atoms with Crippen LogP contribution in [0.15, 0.2) is 53.4 Å². The zero-order chi connectivity index (χ0) is 24.3. The molecule has 180 valence electrons. The highest BCUT2D eigenvalue weighted by Crippen LogP contribution is 2.23. The summed E-state index contributed by atoms with van der Waals surface area (Å²) >= 11 is 0. The van der Waals surface area contributed by atoms with Crippen molar-refractivity contribution in [2.75, 3.05) is 44.2 Å². The fraction of sp³-hybridized carbons (Fsp3) is 0.440. The van der Waals surface area contributed by atoms with E-state index in [9.17, 15) is 13.2 Å². The van der Waals surface area contributed by atoms with E-state index in [1.165, 1.54) is 10.4 Å². The number of hydrogen-bond donors (Lipinski definition) is 0. The molecule has 2 unspecified atom stereocenters. The normalized spacial score (nSPS) is 22.1. The van der Waals surface area contributed by atoms with Crippen LogP contribution in [0, 0.1) is 11.3 Å². The molecule has 0 aliphatic carbocycles. The van der Waals surface area contributed by atoms with Gasteiger partial charge in [-0.25, -0.2) is 8.42 Å². The number of benzene rings is 2. The van der Waals surface area contributed by atoms with Gasteiger partial charge < -0.3 is 14.5 Å². The van der Waals surface area contributed by atoms with Crippen LogP contribution < -0.4 is 4.90 Å². The van der Waals surface area contributed by atoms with Gasteiger partial charge in [-0.05, 0) is 62.7 Å². The lowest BCUT2D eigenvalue weighted by Gasteiger charge is -2.34. The lowest BCUT2D eigenvalue weighted by Crippen LogP contribution is -2.48. The van der Waals surface area contributed by atoms with Crippen LogP contribution in [0.5, 0.6) is 0 Å². The molecule has 2 aliphatic heterocycles. The molecule has 4 rings (SSSR count). The lowest BCUT2D eigenvalue weighted by molar-refractivity contribution is -0.0440. The monoisotopic (exact) mass is 482 g/mol. The molecule has 0 aromatic heterocycles. The Hall–Kier alpha value is -2.93. The highest BCUT2D eigenvalue weighted by Gasteiger charge is 2.32. The van der Waals surface area contributed by atoms with Crippen LogP contribution in [0.3, 0.4) is 0 Å². The second-order valence-electron chi connectivity index (χ2n) is 8.90. The Kier molecular flexibility index (Phi) is 7.22. The molecule has 2 saturated heterocycles. The predicted molar refractivity (Wildman–Crippen MR) is 129 cm³/mol. The van der Waals surface area contributed by atoms with E-state index in [1.807, 2.05) is 26.0 Å². The van der Waals surface area contributed by atoms with Crippen molar-refractivity contribution in [1.82, 2.24) is 9.21 Å². The van der Waals surface area contributed by atoms with Crippen LogP contribution in [0.4, 0.5) is 5.69 Å². The number of hydrogen-bond acceptors (Lipinski definition) is 6. The van der Waals surface area contributed by atoms with E-state index in [1.54, 1.807) is 35.2 Å². The summed E-state index contributed by atoms with van der Waals surface area (Å²) in [5.41, 5.74) is 2.02. The molecule has 2 aromatic carbocycles. The number of nitriles is 1. The molecule has 2 heterocycles. The van der Waals surface area contributed by atoms with E-state index in [2.05, 4.69) is 11.0 Å². The third kappa shape index (κ3) is 5.25. The van der Waals surface area contributed by atoms with Gasteiger partial charge in [0.1, 0.15) is 0 Å². The van der Waals surface area contributed by atoms with E-state index in [0.29, 0.717) is 43.9 Å². The summed E-state index contributed by atoms with van der Waals surface area (Å²) in [7, 11) is -3.72. The van der Waals surface area contributed by atoms with Crippen molar-refractivity contribution in [3.63, 3.8) is 0 Å². The average Bonchev–Trinajstić information content (AvgIpc) is 3.09. The first-order valence-corrected chi connectivity index (χ1v) is 13.0. The first-order chi connectivity index (χ1) is 16.3. The van der Waals surface area contributed by atoms with Gasteiger partial charge in [0.2, 0.25) is 10.0 Å². The molecular weight excluding hydrogens is 452 g/mol. The molecular formula is C25H30N4O4S. The summed E-state index contributed by atoms with van der Waals surface area (Å²) in [6.07, 6.45) is 0.437. The van der Waals surface area contributed by atoms with Crippen molar-refractivity contribution in [3.05, 3.63) is 59.7 Å². The van der Waals surface area contributed by atoms with Crippen LogP contribution in [0.25, 0.3) is 0 Å². The topological polar surface area (TPSA) is 94.0 Å². The van der Waals surface area contributed by atoms with E-state index in [0.717, 1.165) is 18.7 Å². The number of nitrogens with zero attached hydrogens (tertiary/aromatic N) is 4. The maximum absolute atomic E-state index is 13.3. The van der Waals surface area contributed by atoms with Crippen molar-refractivity contribution in [2.24, 2.45) is 0 Å². The van der Waals surface area contributed by atoms with E-state index >= 15 is 0 Å². The Balaban J connectivity index is 1.47. The van der Waals surface area contributed by atoms with Crippen LogP contribution in [-0.4, -0.2) is 75.0 Å². The Morgan fingerprint density at radius 2 is 1.71 bits per heavy atom. The van der Waals surface area contributed by atoms with Crippen LogP contribution in [-0.2, 0) is 14.8 Å². The van der Waals surface area contributed by atoms with Crippen molar-refractivity contribution < 1.29 is 17.9 Å². The quantitative estimate of drug-likeness (QED) is 0.665. The van der Waals surface area contributed by atoms with Crippen LogP contribution in [0.1, 0.15) is 36.2 Å². The molecule has 0 spiro atoms. The van der Waals surface area contributed by atoms with Gasteiger partial charge in [0, 0.05) is 50.5 Å². The molecule has 2 atom stereocenters. The van der Waals surface area contributed by atoms with E-state index in [4.69, 9.17) is 10.00 Å². The highest BCUT2D eigenvalue weighted by molar-refractivity contribution is 7.89. The summed E-state index contributed by atoms with van der Waals surface area (Å²) in [6.45, 7) is 6.91. The Bertz CT molecular complexity index is 1170. The van der Waals surface area contributed by atoms with Crippen LogP contribution in [0.2, 0.25) is 0 Å². The minimum absolute atomic E-state index is 0.133. The van der Waals surface area contributed by atoms with Gasteiger partial charge in [-0.3, -0.25) is 4.79 Å². The van der Waals surface area contributed by atoms with Gasteiger partial charge in [0.15, 0.2) is 0 Å². The molecule has 2 aliphatic rings. The second-order valence-corrected chi connectivity index (χ2v) is 10.8. The van der Waals surface area contributed by atoms with Gasteiger partial charge >= 0.3 is 0 Å². The summed E-state index contributed by atoms with van der Waals surface area (Å²) in [6, 6.07) is 15.9. The molecule has 0 bridgehead atoms. The van der Waals surface area contributed by atoms with Crippen molar-refractivity contribution in [3.8, 4) is 6.07 Å². The molecule has 2 fully saturated rings. The van der Waals surface area contributed by atoms with Crippen molar-refractivity contribution in [1.29, 1.82) is 5.26 Å². The SMILES string of the molecule is CC1CN(S(=O)(=O)c2cccc(C(=O)N3CCCN(c4ccc(C#N)cc4)CC3)c2)CC(C)O1. The number of carbonyl (C=O) groups is 1. The van der Waals surface area contributed by atoms with Gasteiger partial charge in [-0.1, -0.05) is 6.07 Å². The highest BCUT2D eigenvalue weighted by atomic mass is 32.2. The molecule has 0 radical (unpaired) electrons. The maximum Gasteiger partial charge on any atom is 0.253 e. The van der Waals surface area contributed by atoms with Crippen molar-refractivity contribution in [2.45, 2.75) is 37.4 Å². The predicted octanol–water partition coefficient (Wildman–Crippen LogP) is 2.71. The van der Waals surface area contributed by atoms with E-state index in [-0.39, 0.29) is 23.0 Å².